The topological polar surface area (TPSA) is 97.3 Å². The second-order valence-electron chi connectivity index (χ2n) is 7.65. The Hall–Kier alpha value is -3.69. The standard InChI is InChI=1S/C26H29N3O5S/c1-4-34-25-13-9-8-12-22(25)17-27-28-26(30)19-29(18-21-10-6-5-7-11-21)35(31,32)23-14-15-24(33-3)20(2)16-23/h5-17H,4,18-19H2,1-3H3,(H,28,30)/b27-17+. The molecule has 1 N–H and O–H groups in total. The third-order valence-electron chi connectivity index (χ3n) is 5.14. The lowest BCUT2D eigenvalue weighted by Gasteiger charge is -2.22. The van der Waals surface area contributed by atoms with Gasteiger partial charge in [0.2, 0.25) is 10.0 Å². The van der Waals surface area contributed by atoms with Gasteiger partial charge in [-0.05, 0) is 55.3 Å². The Bertz CT molecular complexity index is 1280. The van der Waals surface area contributed by atoms with Gasteiger partial charge in [0.05, 0.1) is 31.4 Å². The van der Waals surface area contributed by atoms with Crippen molar-refractivity contribution in [1.82, 2.24) is 9.73 Å². The van der Waals surface area contributed by atoms with Crippen molar-refractivity contribution >= 4 is 22.1 Å². The predicted molar refractivity (Wildman–Crippen MR) is 135 cm³/mol. The van der Waals surface area contributed by atoms with Gasteiger partial charge in [0.25, 0.3) is 5.91 Å². The molecule has 3 aromatic carbocycles. The second kappa shape index (κ2) is 12.1. The van der Waals surface area contributed by atoms with E-state index in [0.717, 1.165) is 9.87 Å². The predicted octanol–water partition coefficient (Wildman–Crippen LogP) is 3.74. The van der Waals surface area contributed by atoms with Crippen molar-refractivity contribution in [3.05, 3.63) is 89.5 Å². The number of para-hydroxylation sites is 1. The zero-order valence-electron chi connectivity index (χ0n) is 20.0. The van der Waals surface area contributed by atoms with Gasteiger partial charge in [-0.1, -0.05) is 42.5 Å². The Kier molecular flexibility index (Phi) is 8.99. The summed E-state index contributed by atoms with van der Waals surface area (Å²) in [5.41, 5.74) is 4.54. The van der Waals surface area contributed by atoms with E-state index in [4.69, 9.17) is 9.47 Å². The van der Waals surface area contributed by atoms with E-state index in [1.54, 1.807) is 25.1 Å². The van der Waals surface area contributed by atoms with E-state index in [-0.39, 0.29) is 11.4 Å². The molecule has 0 aliphatic rings. The fourth-order valence-electron chi connectivity index (χ4n) is 3.42. The zero-order valence-corrected chi connectivity index (χ0v) is 20.8. The van der Waals surface area contributed by atoms with Crippen LogP contribution in [0.5, 0.6) is 11.5 Å². The molecule has 35 heavy (non-hydrogen) atoms. The van der Waals surface area contributed by atoms with Crippen LogP contribution in [0.3, 0.4) is 0 Å². The molecule has 0 atom stereocenters. The quantitative estimate of drug-likeness (QED) is 0.323. The van der Waals surface area contributed by atoms with Crippen molar-refractivity contribution in [1.29, 1.82) is 0 Å². The first-order chi connectivity index (χ1) is 16.8. The summed E-state index contributed by atoms with van der Waals surface area (Å²) in [6.07, 6.45) is 1.46. The normalized spacial score (nSPS) is 11.5. The van der Waals surface area contributed by atoms with E-state index < -0.39 is 22.5 Å². The Balaban J connectivity index is 1.81. The molecule has 0 fully saturated rings. The molecule has 0 saturated carbocycles. The molecule has 3 rings (SSSR count). The minimum absolute atomic E-state index is 0.0263. The molecule has 8 nitrogen and oxygen atoms in total. The van der Waals surface area contributed by atoms with Gasteiger partial charge in [0, 0.05) is 12.1 Å². The Morgan fingerprint density at radius 3 is 2.43 bits per heavy atom. The lowest BCUT2D eigenvalue weighted by Crippen LogP contribution is -2.39. The summed E-state index contributed by atoms with van der Waals surface area (Å²) < 4.78 is 38.9. The molecule has 1 amide bonds. The lowest BCUT2D eigenvalue weighted by atomic mass is 10.2. The summed E-state index contributed by atoms with van der Waals surface area (Å²) >= 11 is 0. The summed E-state index contributed by atoms with van der Waals surface area (Å²) in [4.78, 5) is 12.8. The van der Waals surface area contributed by atoms with Crippen LogP contribution in [0.4, 0.5) is 0 Å². The van der Waals surface area contributed by atoms with Crippen LogP contribution in [0.25, 0.3) is 0 Å². The van der Waals surface area contributed by atoms with Crippen molar-refractivity contribution in [3.63, 3.8) is 0 Å². The number of sulfonamides is 1. The minimum Gasteiger partial charge on any atom is -0.496 e. The highest BCUT2D eigenvalue weighted by Gasteiger charge is 2.27. The SMILES string of the molecule is CCOc1ccccc1/C=N/NC(=O)CN(Cc1ccccc1)S(=O)(=O)c1ccc(OC)c(C)c1. The fraction of sp³-hybridized carbons (Fsp3) is 0.231. The number of aryl methyl sites for hydroxylation is 1. The van der Waals surface area contributed by atoms with Crippen molar-refractivity contribution in [2.75, 3.05) is 20.3 Å². The van der Waals surface area contributed by atoms with Gasteiger partial charge in [0.1, 0.15) is 11.5 Å². The second-order valence-corrected chi connectivity index (χ2v) is 9.59. The van der Waals surface area contributed by atoms with Gasteiger partial charge >= 0.3 is 0 Å². The Labute approximate surface area is 206 Å². The monoisotopic (exact) mass is 495 g/mol. The first-order valence-electron chi connectivity index (χ1n) is 11.1. The molecule has 0 radical (unpaired) electrons. The molecule has 0 heterocycles. The average Bonchev–Trinajstić information content (AvgIpc) is 2.85. The maximum absolute atomic E-state index is 13.5. The van der Waals surface area contributed by atoms with Crippen LogP contribution in [0, 0.1) is 6.92 Å². The summed E-state index contributed by atoms with van der Waals surface area (Å²) in [5, 5.41) is 3.99. The number of nitrogens with one attached hydrogen (secondary N) is 1. The Morgan fingerprint density at radius 1 is 1.03 bits per heavy atom. The highest BCUT2D eigenvalue weighted by atomic mass is 32.2. The number of hydrogen-bond donors (Lipinski definition) is 1. The number of amides is 1. The number of nitrogens with zero attached hydrogens (tertiary/aromatic N) is 2. The smallest absolute Gasteiger partial charge is 0.255 e. The van der Waals surface area contributed by atoms with Crippen LogP contribution >= 0.6 is 0 Å². The first kappa shape index (κ1) is 25.9. The fourth-order valence-corrected chi connectivity index (χ4v) is 4.89. The summed E-state index contributed by atoms with van der Waals surface area (Å²) in [5.74, 6) is 0.647. The van der Waals surface area contributed by atoms with Crippen LogP contribution in [-0.2, 0) is 21.4 Å². The molecule has 9 heteroatoms. The number of benzene rings is 3. The molecule has 0 aliphatic carbocycles. The third kappa shape index (κ3) is 6.91. The van der Waals surface area contributed by atoms with Crippen LogP contribution in [-0.4, -0.2) is 45.1 Å². The zero-order chi connectivity index (χ0) is 25.3. The highest BCUT2D eigenvalue weighted by molar-refractivity contribution is 7.89. The molecule has 0 bridgehead atoms. The van der Waals surface area contributed by atoms with E-state index in [2.05, 4.69) is 10.5 Å². The van der Waals surface area contributed by atoms with Crippen molar-refractivity contribution in [2.24, 2.45) is 5.10 Å². The molecule has 0 saturated heterocycles. The van der Waals surface area contributed by atoms with Gasteiger partial charge < -0.3 is 9.47 Å². The van der Waals surface area contributed by atoms with E-state index in [1.807, 2.05) is 49.4 Å². The number of rotatable bonds is 11. The maximum Gasteiger partial charge on any atom is 0.255 e. The molecule has 3 aromatic rings. The van der Waals surface area contributed by atoms with E-state index in [9.17, 15) is 13.2 Å². The number of carbonyl (C=O) groups excluding carboxylic acids is 1. The summed E-state index contributed by atoms with van der Waals surface area (Å²) in [7, 11) is -2.46. The number of carbonyl (C=O) groups is 1. The van der Waals surface area contributed by atoms with Crippen LogP contribution in [0.15, 0.2) is 82.8 Å². The van der Waals surface area contributed by atoms with Crippen molar-refractivity contribution < 1.29 is 22.7 Å². The number of hydrogen-bond acceptors (Lipinski definition) is 6. The summed E-state index contributed by atoms with van der Waals surface area (Å²) in [6, 6.07) is 21.0. The van der Waals surface area contributed by atoms with Gasteiger partial charge in [-0.25, -0.2) is 13.8 Å². The highest BCUT2D eigenvalue weighted by Crippen LogP contribution is 2.25. The molecular weight excluding hydrogens is 466 g/mol. The first-order valence-corrected chi connectivity index (χ1v) is 12.5. The molecule has 0 aromatic heterocycles. The van der Waals surface area contributed by atoms with Crippen LogP contribution < -0.4 is 14.9 Å². The van der Waals surface area contributed by atoms with Gasteiger partial charge in [-0.3, -0.25) is 4.79 Å². The van der Waals surface area contributed by atoms with Gasteiger partial charge in [-0.15, -0.1) is 0 Å². The van der Waals surface area contributed by atoms with Crippen molar-refractivity contribution in [3.8, 4) is 11.5 Å². The van der Waals surface area contributed by atoms with E-state index >= 15 is 0 Å². The lowest BCUT2D eigenvalue weighted by molar-refractivity contribution is -0.121. The van der Waals surface area contributed by atoms with Crippen LogP contribution in [0.1, 0.15) is 23.6 Å². The molecule has 0 spiro atoms. The number of methoxy groups -OCH3 is 1. The molecule has 0 aliphatic heterocycles. The van der Waals surface area contributed by atoms with Crippen LogP contribution in [0.2, 0.25) is 0 Å². The molecule has 0 unspecified atom stereocenters. The third-order valence-corrected chi connectivity index (χ3v) is 6.93. The number of hydrazone groups is 1. The number of ether oxygens (including phenoxy) is 2. The maximum atomic E-state index is 13.5. The Morgan fingerprint density at radius 2 is 1.74 bits per heavy atom. The van der Waals surface area contributed by atoms with E-state index in [1.165, 1.54) is 25.5 Å². The molecule has 184 valence electrons. The summed E-state index contributed by atoms with van der Waals surface area (Å²) in [6.45, 7) is 3.75. The van der Waals surface area contributed by atoms with Gasteiger partial charge in [-0.2, -0.15) is 9.41 Å². The largest absolute Gasteiger partial charge is 0.496 e. The van der Waals surface area contributed by atoms with Gasteiger partial charge in [0.15, 0.2) is 0 Å². The van der Waals surface area contributed by atoms with Crippen molar-refractivity contribution in [2.45, 2.75) is 25.3 Å². The average molecular weight is 496 g/mol. The molecular formula is C26H29N3O5S. The minimum atomic E-state index is -3.99. The van der Waals surface area contributed by atoms with E-state index in [0.29, 0.717) is 29.2 Å².